The maximum atomic E-state index is 9.19. The van der Waals surface area contributed by atoms with Crippen LogP contribution in [0.3, 0.4) is 0 Å². The van der Waals surface area contributed by atoms with Gasteiger partial charge in [-0.25, -0.2) is 0 Å². The number of fused-ring (bicyclic) bond motifs is 3. The molecule has 14 heavy (non-hydrogen) atoms. The molecule has 4 nitrogen and oxygen atoms in total. The highest BCUT2D eigenvalue weighted by Gasteiger charge is 2.09. The normalized spacial score (nSPS) is 11.4. The SMILES string of the molecule is Nc1cc2c(ccc3oc(O)cc32)o1. The zero-order valence-corrected chi connectivity index (χ0v) is 7.15. The molecule has 2 heterocycles. The molecule has 3 aromatic rings. The third-order valence-corrected chi connectivity index (χ3v) is 2.20. The largest absolute Gasteiger partial charge is 0.481 e. The van der Waals surface area contributed by atoms with Gasteiger partial charge in [-0.05, 0) is 12.1 Å². The lowest BCUT2D eigenvalue weighted by atomic mass is 10.2. The number of nitrogen functional groups attached to an aromatic ring is 1. The van der Waals surface area contributed by atoms with Gasteiger partial charge in [-0.1, -0.05) is 0 Å². The third-order valence-electron chi connectivity index (χ3n) is 2.20. The summed E-state index contributed by atoms with van der Waals surface area (Å²) in [5, 5.41) is 10.9. The monoisotopic (exact) mass is 189 g/mol. The molecule has 2 aromatic heterocycles. The van der Waals surface area contributed by atoms with Crippen LogP contribution in [0.4, 0.5) is 5.88 Å². The van der Waals surface area contributed by atoms with E-state index in [0.29, 0.717) is 17.1 Å². The number of anilines is 1. The molecule has 0 bridgehead atoms. The Bertz CT molecular complexity index is 565. The van der Waals surface area contributed by atoms with Crippen LogP contribution >= 0.6 is 0 Å². The van der Waals surface area contributed by atoms with Gasteiger partial charge in [0.25, 0.3) is 5.95 Å². The maximum absolute atomic E-state index is 9.19. The number of rotatable bonds is 0. The lowest BCUT2D eigenvalue weighted by Gasteiger charge is -1.87. The van der Waals surface area contributed by atoms with Crippen molar-refractivity contribution in [3.63, 3.8) is 0 Å². The van der Waals surface area contributed by atoms with Gasteiger partial charge in [0.05, 0.1) is 0 Å². The van der Waals surface area contributed by atoms with Gasteiger partial charge >= 0.3 is 0 Å². The number of benzene rings is 1. The third kappa shape index (κ3) is 0.821. The summed E-state index contributed by atoms with van der Waals surface area (Å²) in [6.07, 6.45) is 0. The van der Waals surface area contributed by atoms with Crippen molar-refractivity contribution in [1.82, 2.24) is 0 Å². The van der Waals surface area contributed by atoms with Gasteiger partial charge in [0.1, 0.15) is 11.2 Å². The van der Waals surface area contributed by atoms with Crippen molar-refractivity contribution >= 4 is 27.8 Å². The number of nitrogens with two attached hydrogens (primary N) is 1. The van der Waals surface area contributed by atoms with Gasteiger partial charge in [-0.2, -0.15) is 0 Å². The maximum Gasteiger partial charge on any atom is 0.282 e. The zero-order chi connectivity index (χ0) is 9.71. The fraction of sp³-hybridized carbons (Fsp3) is 0. The van der Waals surface area contributed by atoms with Gasteiger partial charge in [-0.15, -0.1) is 0 Å². The molecule has 4 heteroatoms. The standard InChI is InChI=1S/C10H7NO3/c11-9-3-5-6-4-10(12)14-8(6)2-1-7(5)13-9/h1-4,12H,11H2. The molecule has 0 radical (unpaired) electrons. The predicted molar refractivity (Wildman–Crippen MR) is 52.1 cm³/mol. The van der Waals surface area contributed by atoms with E-state index in [2.05, 4.69) is 0 Å². The fourth-order valence-electron chi connectivity index (χ4n) is 1.64. The van der Waals surface area contributed by atoms with Crippen LogP contribution in [0.25, 0.3) is 21.9 Å². The number of hydrogen-bond acceptors (Lipinski definition) is 4. The molecule has 0 aliphatic heterocycles. The second kappa shape index (κ2) is 2.23. The van der Waals surface area contributed by atoms with Crippen LogP contribution < -0.4 is 5.73 Å². The Hall–Kier alpha value is -2.10. The molecule has 3 rings (SSSR count). The van der Waals surface area contributed by atoms with E-state index in [1.165, 1.54) is 0 Å². The smallest absolute Gasteiger partial charge is 0.282 e. The Balaban J connectivity index is 2.58. The molecule has 0 saturated carbocycles. The minimum Gasteiger partial charge on any atom is -0.481 e. The van der Waals surface area contributed by atoms with E-state index in [9.17, 15) is 5.11 Å². The van der Waals surface area contributed by atoms with Crippen LogP contribution in [0, 0.1) is 0 Å². The first-order valence-electron chi connectivity index (χ1n) is 4.14. The Morgan fingerprint density at radius 1 is 1.00 bits per heavy atom. The molecular weight excluding hydrogens is 182 g/mol. The zero-order valence-electron chi connectivity index (χ0n) is 7.15. The fourth-order valence-corrected chi connectivity index (χ4v) is 1.64. The summed E-state index contributed by atoms with van der Waals surface area (Å²) in [6.45, 7) is 0. The van der Waals surface area contributed by atoms with Crippen LogP contribution in [0.5, 0.6) is 5.95 Å². The Morgan fingerprint density at radius 3 is 2.43 bits per heavy atom. The van der Waals surface area contributed by atoms with E-state index in [-0.39, 0.29) is 5.95 Å². The van der Waals surface area contributed by atoms with E-state index in [0.717, 1.165) is 10.8 Å². The lowest BCUT2D eigenvalue weighted by Crippen LogP contribution is -1.75. The van der Waals surface area contributed by atoms with Crippen LogP contribution in [-0.2, 0) is 0 Å². The summed E-state index contributed by atoms with van der Waals surface area (Å²) >= 11 is 0. The average Bonchev–Trinajstić information content (AvgIpc) is 2.65. The van der Waals surface area contributed by atoms with Crippen LogP contribution in [-0.4, -0.2) is 5.11 Å². The highest BCUT2D eigenvalue weighted by Crippen LogP contribution is 2.33. The molecule has 0 amide bonds. The first kappa shape index (κ1) is 7.32. The lowest BCUT2D eigenvalue weighted by molar-refractivity contribution is 0.346. The topological polar surface area (TPSA) is 72.5 Å². The van der Waals surface area contributed by atoms with Crippen molar-refractivity contribution in [3.8, 4) is 5.95 Å². The van der Waals surface area contributed by atoms with Crippen LogP contribution in [0.2, 0.25) is 0 Å². The minimum atomic E-state index is -0.104. The van der Waals surface area contributed by atoms with Crippen molar-refractivity contribution in [3.05, 3.63) is 24.3 Å². The highest BCUT2D eigenvalue weighted by molar-refractivity contribution is 6.05. The molecule has 70 valence electrons. The van der Waals surface area contributed by atoms with Crippen molar-refractivity contribution < 1.29 is 13.9 Å². The van der Waals surface area contributed by atoms with Crippen LogP contribution in [0.15, 0.2) is 33.1 Å². The highest BCUT2D eigenvalue weighted by atomic mass is 16.5. The van der Waals surface area contributed by atoms with E-state index >= 15 is 0 Å². The minimum absolute atomic E-state index is 0.104. The number of furan rings is 2. The Kier molecular flexibility index (Phi) is 1.16. The van der Waals surface area contributed by atoms with Gasteiger partial charge in [0, 0.05) is 22.9 Å². The second-order valence-electron chi connectivity index (χ2n) is 3.12. The molecular formula is C10H7NO3. The molecule has 0 saturated heterocycles. The summed E-state index contributed by atoms with van der Waals surface area (Å²) in [7, 11) is 0. The first-order valence-corrected chi connectivity index (χ1v) is 4.14. The van der Waals surface area contributed by atoms with Crippen molar-refractivity contribution in [2.24, 2.45) is 0 Å². The molecule has 0 atom stereocenters. The van der Waals surface area contributed by atoms with E-state index in [1.807, 2.05) is 0 Å². The van der Waals surface area contributed by atoms with Gasteiger partial charge in [-0.3, -0.25) is 0 Å². The molecule has 0 unspecified atom stereocenters. The first-order chi connectivity index (χ1) is 6.74. The molecule has 0 fully saturated rings. The van der Waals surface area contributed by atoms with Crippen molar-refractivity contribution in [2.45, 2.75) is 0 Å². The Labute approximate surface area is 78.5 Å². The molecule has 1 aromatic carbocycles. The molecule has 0 spiro atoms. The second-order valence-corrected chi connectivity index (χ2v) is 3.12. The summed E-state index contributed by atoms with van der Waals surface area (Å²) in [4.78, 5) is 0. The van der Waals surface area contributed by atoms with Gasteiger partial charge in [0.15, 0.2) is 5.88 Å². The van der Waals surface area contributed by atoms with E-state index in [1.54, 1.807) is 24.3 Å². The molecule has 3 N–H and O–H groups in total. The van der Waals surface area contributed by atoms with E-state index in [4.69, 9.17) is 14.6 Å². The van der Waals surface area contributed by atoms with E-state index < -0.39 is 0 Å². The van der Waals surface area contributed by atoms with Gasteiger partial charge < -0.3 is 19.7 Å². The summed E-state index contributed by atoms with van der Waals surface area (Å²) < 4.78 is 10.3. The molecule has 0 aliphatic carbocycles. The number of aromatic hydroxyl groups is 1. The van der Waals surface area contributed by atoms with Crippen molar-refractivity contribution in [2.75, 3.05) is 5.73 Å². The quantitative estimate of drug-likeness (QED) is 0.569. The van der Waals surface area contributed by atoms with Gasteiger partial charge in [0.2, 0.25) is 0 Å². The predicted octanol–water partition coefficient (Wildman–Crippen LogP) is 2.47. The summed E-state index contributed by atoms with van der Waals surface area (Å²) in [5.41, 5.74) is 6.84. The molecule has 0 aliphatic rings. The Morgan fingerprint density at radius 2 is 1.64 bits per heavy atom. The summed E-state index contributed by atoms with van der Waals surface area (Å²) in [6, 6.07) is 6.76. The summed E-state index contributed by atoms with van der Waals surface area (Å²) in [5.74, 6) is 0.250. The van der Waals surface area contributed by atoms with Crippen molar-refractivity contribution in [1.29, 1.82) is 0 Å². The average molecular weight is 189 g/mol. The number of hydrogen-bond donors (Lipinski definition) is 2. The van der Waals surface area contributed by atoms with Crippen LogP contribution in [0.1, 0.15) is 0 Å².